The summed E-state index contributed by atoms with van der Waals surface area (Å²) in [6.45, 7) is 0.764. The standard InChI is InChI=1S/C17H11Cl2F2N5O/c18-10-4-3-9(13(19)14(10)21)17(27)25-6-7-26-12(8-25)23-24-16(26)15-11(20)2-1-5-22-15/h1-5H,6-8H2. The molecule has 0 saturated carbocycles. The molecule has 10 heteroatoms. The minimum Gasteiger partial charge on any atom is -0.329 e. The lowest BCUT2D eigenvalue weighted by Crippen LogP contribution is -2.38. The topological polar surface area (TPSA) is 63.9 Å². The van der Waals surface area contributed by atoms with Gasteiger partial charge >= 0.3 is 0 Å². The van der Waals surface area contributed by atoms with E-state index in [0.717, 1.165) is 0 Å². The van der Waals surface area contributed by atoms with Crippen LogP contribution in [0.1, 0.15) is 16.2 Å². The molecule has 0 bridgehead atoms. The second-order valence-corrected chi connectivity index (χ2v) is 6.66. The average molecular weight is 410 g/mol. The molecular formula is C17H11Cl2F2N5O. The number of hydrogen-bond donors (Lipinski definition) is 0. The van der Waals surface area contributed by atoms with Crippen LogP contribution in [0.4, 0.5) is 8.78 Å². The molecule has 2 aromatic heterocycles. The number of amides is 1. The molecule has 138 valence electrons. The monoisotopic (exact) mass is 409 g/mol. The largest absolute Gasteiger partial charge is 0.329 e. The van der Waals surface area contributed by atoms with Crippen LogP contribution in [-0.4, -0.2) is 37.1 Å². The SMILES string of the molecule is O=C(c1ccc(Cl)c(F)c1Cl)N1CCn2c(nnc2-c2ncccc2F)C1. The van der Waals surface area contributed by atoms with E-state index >= 15 is 0 Å². The summed E-state index contributed by atoms with van der Waals surface area (Å²) in [6, 6.07) is 5.44. The zero-order valence-electron chi connectivity index (χ0n) is 13.7. The van der Waals surface area contributed by atoms with Crippen molar-refractivity contribution in [3.05, 3.63) is 63.5 Å². The second-order valence-electron chi connectivity index (χ2n) is 5.87. The van der Waals surface area contributed by atoms with E-state index in [1.54, 1.807) is 4.57 Å². The molecule has 6 nitrogen and oxygen atoms in total. The van der Waals surface area contributed by atoms with E-state index in [0.29, 0.717) is 24.7 Å². The van der Waals surface area contributed by atoms with E-state index in [1.807, 2.05) is 0 Å². The van der Waals surface area contributed by atoms with Crippen molar-refractivity contribution in [2.24, 2.45) is 0 Å². The number of benzene rings is 1. The Morgan fingerprint density at radius 1 is 1.11 bits per heavy atom. The van der Waals surface area contributed by atoms with Gasteiger partial charge in [0.1, 0.15) is 5.69 Å². The lowest BCUT2D eigenvalue weighted by atomic mass is 10.1. The number of carbonyl (C=O) groups excluding carboxylic acids is 1. The number of fused-ring (bicyclic) bond motifs is 1. The third kappa shape index (κ3) is 3.04. The summed E-state index contributed by atoms with van der Waals surface area (Å²) in [5.41, 5.74) is 0.112. The van der Waals surface area contributed by atoms with E-state index in [1.165, 1.54) is 35.4 Å². The van der Waals surface area contributed by atoms with Gasteiger partial charge in [-0.05, 0) is 24.3 Å². The van der Waals surface area contributed by atoms with Gasteiger partial charge in [-0.25, -0.2) is 13.8 Å². The first-order valence-corrected chi connectivity index (χ1v) is 8.68. The van der Waals surface area contributed by atoms with Gasteiger partial charge in [-0.15, -0.1) is 10.2 Å². The fraction of sp³-hybridized carbons (Fsp3) is 0.176. The predicted octanol–water partition coefficient (Wildman–Crippen LogP) is 3.58. The number of hydrogen-bond acceptors (Lipinski definition) is 4. The lowest BCUT2D eigenvalue weighted by Gasteiger charge is -2.28. The van der Waals surface area contributed by atoms with Gasteiger partial charge in [0.25, 0.3) is 5.91 Å². The van der Waals surface area contributed by atoms with Crippen molar-refractivity contribution in [3.63, 3.8) is 0 Å². The van der Waals surface area contributed by atoms with Gasteiger partial charge in [-0.3, -0.25) is 4.79 Å². The van der Waals surface area contributed by atoms with Crippen molar-refractivity contribution < 1.29 is 13.6 Å². The van der Waals surface area contributed by atoms with Crippen molar-refractivity contribution >= 4 is 29.1 Å². The van der Waals surface area contributed by atoms with Crippen LogP contribution in [0.3, 0.4) is 0 Å². The Balaban J connectivity index is 1.63. The van der Waals surface area contributed by atoms with Gasteiger partial charge in [0.15, 0.2) is 23.3 Å². The van der Waals surface area contributed by atoms with Crippen molar-refractivity contribution in [1.29, 1.82) is 0 Å². The molecule has 0 N–H and O–H groups in total. The smallest absolute Gasteiger partial charge is 0.255 e. The molecule has 3 heterocycles. The zero-order valence-corrected chi connectivity index (χ0v) is 15.2. The Morgan fingerprint density at radius 3 is 2.70 bits per heavy atom. The second kappa shape index (κ2) is 6.86. The van der Waals surface area contributed by atoms with Crippen LogP contribution in [0.2, 0.25) is 10.0 Å². The van der Waals surface area contributed by atoms with Gasteiger partial charge in [0.05, 0.1) is 22.2 Å². The van der Waals surface area contributed by atoms with E-state index < -0.39 is 17.5 Å². The Morgan fingerprint density at radius 2 is 1.93 bits per heavy atom. The maximum Gasteiger partial charge on any atom is 0.255 e. The molecule has 1 aliphatic rings. The van der Waals surface area contributed by atoms with Crippen molar-refractivity contribution in [1.82, 2.24) is 24.6 Å². The van der Waals surface area contributed by atoms with Crippen LogP contribution in [0, 0.1) is 11.6 Å². The molecule has 0 fully saturated rings. The number of carbonyl (C=O) groups is 1. The normalized spacial score (nSPS) is 13.6. The van der Waals surface area contributed by atoms with Crippen molar-refractivity contribution in [2.75, 3.05) is 6.54 Å². The summed E-state index contributed by atoms with van der Waals surface area (Å²) in [6.07, 6.45) is 1.47. The fourth-order valence-electron chi connectivity index (χ4n) is 2.92. The minimum atomic E-state index is -0.836. The molecule has 1 aromatic carbocycles. The third-order valence-corrected chi connectivity index (χ3v) is 4.94. The van der Waals surface area contributed by atoms with E-state index in [-0.39, 0.29) is 27.8 Å². The molecule has 0 radical (unpaired) electrons. The number of aromatic nitrogens is 4. The fourth-order valence-corrected chi connectivity index (χ4v) is 3.37. The maximum atomic E-state index is 14.0. The van der Waals surface area contributed by atoms with Crippen molar-refractivity contribution in [2.45, 2.75) is 13.1 Å². The highest BCUT2D eigenvalue weighted by Crippen LogP contribution is 2.29. The molecule has 0 saturated heterocycles. The minimum absolute atomic E-state index is 0.0162. The summed E-state index contributed by atoms with van der Waals surface area (Å²) in [7, 11) is 0. The summed E-state index contributed by atoms with van der Waals surface area (Å²) in [5.74, 6) is -1.02. The highest BCUT2D eigenvalue weighted by atomic mass is 35.5. The zero-order chi connectivity index (χ0) is 19.1. The Labute approximate surface area is 162 Å². The molecule has 1 amide bonds. The molecule has 27 heavy (non-hydrogen) atoms. The molecule has 3 aromatic rings. The van der Waals surface area contributed by atoms with Gasteiger partial charge in [-0.1, -0.05) is 23.2 Å². The summed E-state index contributed by atoms with van der Waals surface area (Å²) in [4.78, 5) is 18.2. The Kier molecular flexibility index (Phi) is 4.53. The van der Waals surface area contributed by atoms with Crippen molar-refractivity contribution in [3.8, 4) is 11.5 Å². The molecule has 0 unspecified atom stereocenters. The van der Waals surface area contributed by atoms with Crippen LogP contribution in [0.5, 0.6) is 0 Å². The number of halogens is 4. The maximum absolute atomic E-state index is 14.0. The molecule has 0 aliphatic carbocycles. The quantitative estimate of drug-likeness (QED) is 0.606. The first kappa shape index (κ1) is 17.8. The summed E-state index contributed by atoms with van der Waals surface area (Å²) >= 11 is 11.6. The van der Waals surface area contributed by atoms with E-state index in [2.05, 4.69) is 15.2 Å². The van der Waals surface area contributed by atoms with Crippen LogP contribution in [0.15, 0.2) is 30.5 Å². The highest BCUT2D eigenvalue weighted by molar-refractivity contribution is 6.37. The van der Waals surface area contributed by atoms with E-state index in [4.69, 9.17) is 23.2 Å². The van der Waals surface area contributed by atoms with Crippen LogP contribution in [-0.2, 0) is 13.1 Å². The van der Waals surface area contributed by atoms with Crippen LogP contribution >= 0.6 is 23.2 Å². The molecule has 4 rings (SSSR count). The Hall–Kier alpha value is -2.58. The Bertz CT molecular complexity index is 1060. The molecule has 1 aliphatic heterocycles. The number of nitrogens with zero attached hydrogens (tertiary/aromatic N) is 5. The lowest BCUT2D eigenvalue weighted by molar-refractivity contribution is 0.0707. The summed E-state index contributed by atoms with van der Waals surface area (Å²) in [5, 5.41) is 7.57. The molecule has 0 atom stereocenters. The first-order valence-electron chi connectivity index (χ1n) is 7.93. The van der Waals surface area contributed by atoms with Gasteiger partial charge < -0.3 is 9.47 Å². The number of rotatable bonds is 2. The predicted molar refractivity (Wildman–Crippen MR) is 94.4 cm³/mol. The van der Waals surface area contributed by atoms with Gasteiger partial charge in [-0.2, -0.15) is 0 Å². The van der Waals surface area contributed by atoms with Gasteiger partial charge in [0.2, 0.25) is 0 Å². The van der Waals surface area contributed by atoms with Gasteiger partial charge in [0, 0.05) is 19.3 Å². The molecular weight excluding hydrogens is 399 g/mol. The van der Waals surface area contributed by atoms with Crippen LogP contribution in [0.25, 0.3) is 11.5 Å². The summed E-state index contributed by atoms with van der Waals surface area (Å²) < 4.78 is 29.6. The average Bonchev–Trinajstić information content (AvgIpc) is 3.09. The molecule has 0 spiro atoms. The van der Waals surface area contributed by atoms with E-state index in [9.17, 15) is 13.6 Å². The first-order chi connectivity index (χ1) is 13.0. The van der Waals surface area contributed by atoms with Crippen LogP contribution < -0.4 is 0 Å². The third-order valence-electron chi connectivity index (χ3n) is 4.28. The highest BCUT2D eigenvalue weighted by Gasteiger charge is 2.28. The number of pyridine rings is 1.